The molecule has 1 saturated carbocycles. The maximum absolute atomic E-state index is 6.47. The van der Waals surface area contributed by atoms with Gasteiger partial charge < -0.3 is 16.4 Å². The summed E-state index contributed by atoms with van der Waals surface area (Å²) < 4.78 is 0. The van der Waals surface area contributed by atoms with Crippen molar-refractivity contribution >= 4 is 23.2 Å². The highest BCUT2D eigenvalue weighted by Gasteiger charge is 2.19. The highest BCUT2D eigenvalue weighted by Crippen LogP contribution is 2.30. The second-order valence-corrected chi connectivity index (χ2v) is 8.46. The minimum absolute atomic E-state index is 0.330. The van der Waals surface area contributed by atoms with Crippen LogP contribution < -0.4 is 16.4 Å². The molecule has 4 rings (SSSR count). The van der Waals surface area contributed by atoms with E-state index in [1.165, 1.54) is 11.1 Å². The minimum atomic E-state index is 0.330. The number of aryl methyl sites for hydroxylation is 1. The number of anilines is 2. The number of nitrogens with one attached hydrogen (secondary N) is 2. The van der Waals surface area contributed by atoms with Crippen LogP contribution in [0.25, 0.3) is 11.3 Å². The molecule has 0 bridgehead atoms. The smallest absolute Gasteiger partial charge is 0.126 e. The molecule has 3 aromatic rings. The molecular weight excluding hydrogens is 394 g/mol. The van der Waals surface area contributed by atoms with Gasteiger partial charge in [0.05, 0.1) is 10.7 Å². The molecule has 1 aromatic carbocycles. The van der Waals surface area contributed by atoms with Gasteiger partial charge >= 0.3 is 0 Å². The number of hydrogen-bond acceptors (Lipinski definition) is 5. The van der Waals surface area contributed by atoms with E-state index in [0.717, 1.165) is 55.1 Å². The van der Waals surface area contributed by atoms with Crippen molar-refractivity contribution in [2.24, 2.45) is 5.73 Å². The van der Waals surface area contributed by atoms with Crippen molar-refractivity contribution in [3.05, 3.63) is 70.9 Å². The normalized spacial score (nSPS) is 18.8. The van der Waals surface area contributed by atoms with Gasteiger partial charge in [0.1, 0.15) is 11.6 Å². The zero-order valence-electron chi connectivity index (χ0n) is 17.2. The number of nitrogens with zero attached hydrogens (tertiary/aromatic N) is 2. The van der Waals surface area contributed by atoms with Crippen LogP contribution in [0.3, 0.4) is 0 Å². The van der Waals surface area contributed by atoms with E-state index in [1.54, 1.807) is 6.20 Å². The van der Waals surface area contributed by atoms with Gasteiger partial charge in [0.15, 0.2) is 0 Å². The molecule has 0 aliphatic heterocycles. The van der Waals surface area contributed by atoms with Gasteiger partial charge in [-0.15, -0.1) is 0 Å². The molecule has 2 heterocycles. The maximum atomic E-state index is 6.47. The van der Waals surface area contributed by atoms with Crippen LogP contribution in [0.4, 0.5) is 11.6 Å². The molecule has 156 valence electrons. The van der Waals surface area contributed by atoms with Gasteiger partial charge in [0.2, 0.25) is 0 Å². The predicted octanol–water partition coefficient (Wildman–Crippen LogP) is 5.40. The van der Waals surface area contributed by atoms with Gasteiger partial charge in [-0.05, 0) is 56.4 Å². The molecule has 0 amide bonds. The van der Waals surface area contributed by atoms with Crippen molar-refractivity contribution in [2.75, 3.05) is 10.6 Å². The minimum Gasteiger partial charge on any atom is -0.367 e. The third-order valence-corrected chi connectivity index (χ3v) is 5.86. The molecule has 0 saturated heterocycles. The van der Waals surface area contributed by atoms with Crippen molar-refractivity contribution in [1.82, 2.24) is 9.97 Å². The third-order valence-electron chi connectivity index (χ3n) is 5.56. The van der Waals surface area contributed by atoms with E-state index >= 15 is 0 Å². The Bertz CT molecular complexity index is 998. The van der Waals surface area contributed by atoms with Gasteiger partial charge in [0, 0.05) is 30.4 Å². The van der Waals surface area contributed by atoms with Crippen LogP contribution in [0.5, 0.6) is 0 Å². The van der Waals surface area contributed by atoms with Crippen molar-refractivity contribution in [3.8, 4) is 11.3 Å². The molecule has 1 aliphatic carbocycles. The highest BCUT2D eigenvalue weighted by molar-refractivity contribution is 6.33. The lowest BCUT2D eigenvalue weighted by molar-refractivity contribution is 0.410. The average Bonchev–Trinajstić information content (AvgIpc) is 2.75. The molecule has 5 nitrogen and oxygen atoms in total. The number of hydrogen-bond donors (Lipinski definition) is 3. The number of halogens is 1. The van der Waals surface area contributed by atoms with Crippen molar-refractivity contribution in [1.29, 1.82) is 0 Å². The zero-order valence-corrected chi connectivity index (χ0v) is 18.0. The van der Waals surface area contributed by atoms with E-state index in [0.29, 0.717) is 17.1 Å². The van der Waals surface area contributed by atoms with E-state index in [1.807, 2.05) is 24.3 Å². The molecule has 0 spiro atoms. The second kappa shape index (κ2) is 9.45. The lowest BCUT2D eigenvalue weighted by atomic mass is 9.92. The summed E-state index contributed by atoms with van der Waals surface area (Å²) in [6.07, 6.45) is 5.93. The summed E-state index contributed by atoms with van der Waals surface area (Å²) in [5, 5.41) is 7.53. The standard InChI is InChI=1S/C24H28ClN5/c1-16-4-2-5-17(12-16)14-27-23-7-3-6-22(30-23)20-13-24(28-15-21(20)25)29-19-10-8-18(26)9-11-19/h2-7,12-13,15,18-19H,8-11,14,26H2,1H3,(H,27,30)(H,28,29)/t18-,19-. The van der Waals surface area contributed by atoms with Crippen molar-refractivity contribution in [3.63, 3.8) is 0 Å². The Kier molecular flexibility index (Phi) is 6.50. The number of pyridine rings is 2. The maximum Gasteiger partial charge on any atom is 0.126 e. The van der Waals surface area contributed by atoms with Crippen molar-refractivity contribution in [2.45, 2.75) is 51.2 Å². The van der Waals surface area contributed by atoms with Crippen LogP contribution in [0.2, 0.25) is 5.02 Å². The fourth-order valence-corrected chi connectivity index (χ4v) is 4.08. The first-order valence-corrected chi connectivity index (χ1v) is 10.9. The van der Waals surface area contributed by atoms with Gasteiger partial charge in [-0.1, -0.05) is 47.5 Å². The zero-order chi connectivity index (χ0) is 20.9. The second-order valence-electron chi connectivity index (χ2n) is 8.06. The van der Waals surface area contributed by atoms with Crippen LogP contribution in [0.1, 0.15) is 36.8 Å². The molecule has 2 aromatic heterocycles. The third kappa shape index (κ3) is 5.29. The Morgan fingerprint density at radius 2 is 1.83 bits per heavy atom. The summed E-state index contributed by atoms with van der Waals surface area (Å²) in [5.74, 6) is 1.65. The summed E-state index contributed by atoms with van der Waals surface area (Å²) in [7, 11) is 0. The van der Waals surface area contributed by atoms with E-state index in [2.05, 4.69) is 46.8 Å². The topological polar surface area (TPSA) is 75.9 Å². The lowest BCUT2D eigenvalue weighted by Gasteiger charge is -2.27. The summed E-state index contributed by atoms with van der Waals surface area (Å²) >= 11 is 6.47. The SMILES string of the molecule is Cc1cccc(CNc2cccc(-c3cc(N[C@H]4CC[C@H](N)CC4)ncc3Cl)n2)c1. The quantitative estimate of drug-likeness (QED) is 0.496. The molecule has 6 heteroatoms. The van der Waals surface area contributed by atoms with E-state index in [9.17, 15) is 0 Å². The molecule has 1 aliphatic rings. The summed E-state index contributed by atoms with van der Waals surface area (Å²) in [6, 6.07) is 17.1. The molecule has 0 unspecified atom stereocenters. The fourth-order valence-electron chi connectivity index (χ4n) is 3.88. The van der Waals surface area contributed by atoms with Crippen molar-refractivity contribution < 1.29 is 0 Å². The van der Waals surface area contributed by atoms with Crippen LogP contribution in [0, 0.1) is 6.92 Å². The van der Waals surface area contributed by atoms with Gasteiger partial charge in [-0.25, -0.2) is 9.97 Å². The molecule has 0 radical (unpaired) electrons. The molecular formula is C24H28ClN5. The summed E-state index contributed by atoms with van der Waals surface area (Å²) in [5.41, 5.74) is 10.2. The Morgan fingerprint density at radius 3 is 2.63 bits per heavy atom. The van der Waals surface area contributed by atoms with Gasteiger partial charge in [0.25, 0.3) is 0 Å². The number of rotatable bonds is 6. The Labute approximate surface area is 183 Å². The van der Waals surface area contributed by atoms with E-state index in [-0.39, 0.29) is 0 Å². The highest BCUT2D eigenvalue weighted by atomic mass is 35.5. The van der Waals surface area contributed by atoms with Crippen LogP contribution in [0.15, 0.2) is 54.7 Å². The Morgan fingerprint density at radius 1 is 1.03 bits per heavy atom. The van der Waals surface area contributed by atoms with Crippen LogP contribution >= 0.6 is 11.6 Å². The molecule has 30 heavy (non-hydrogen) atoms. The first kappa shape index (κ1) is 20.6. The van der Waals surface area contributed by atoms with Crippen LogP contribution in [-0.4, -0.2) is 22.1 Å². The Balaban J connectivity index is 1.48. The monoisotopic (exact) mass is 421 g/mol. The van der Waals surface area contributed by atoms with E-state index in [4.69, 9.17) is 22.3 Å². The predicted molar refractivity (Wildman–Crippen MR) is 125 cm³/mol. The number of nitrogens with two attached hydrogens (primary N) is 1. The first-order valence-electron chi connectivity index (χ1n) is 10.5. The van der Waals surface area contributed by atoms with Crippen LogP contribution in [-0.2, 0) is 6.54 Å². The number of benzene rings is 1. The molecule has 0 atom stereocenters. The summed E-state index contributed by atoms with van der Waals surface area (Å²) in [4.78, 5) is 9.24. The lowest BCUT2D eigenvalue weighted by Crippen LogP contribution is -2.33. The van der Waals surface area contributed by atoms with Gasteiger partial charge in [-0.3, -0.25) is 0 Å². The fraction of sp³-hybridized carbons (Fsp3) is 0.333. The first-order chi connectivity index (χ1) is 14.6. The van der Waals surface area contributed by atoms with E-state index < -0.39 is 0 Å². The Hall–Kier alpha value is -2.63. The number of aromatic nitrogens is 2. The summed E-state index contributed by atoms with van der Waals surface area (Å²) in [6.45, 7) is 2.82. The largest absolute Gasteiger partial charge is 0.367 e. The molecule has 1 fully saturated rings. The molecule has 4 N–H and O–H groups in total. The average molecular weight is 422 g/mol. The van der Waals surface area contributed by atoms with Gasteiger partial charge in [-0.2, -0.15) is 0 Å².